The number of H-pyrrole nitrogens is 1. The number of nitrogens with two attached hydrogens (primary N) is 1. The molecule has 0 bridgehead atoms. The molecule has 1 atom stereocenters. The van der Waals surface area contributed by atoms with Crippen LogP contribution in [-0.2, 0) is 0 Å². The highest BCUT2D eigenvalue weighted by atomic mass is 16.6. The van der Waals surface area contributed by atoms with Crippen LogP contribution in [0.2, 0.25) is 0 Å². The van der Waals surface area contributed by atoms with Crippen LogP contribution < -0.4 is 15.8 Å². The predicted molar refractivity (Wildman–Crippen MR) is 123 cm³/mol. The summed E-state index contributed by atoms with van der Waals surface area (Å²) in [5.41, 5.74) is 8.58. The molecule has 0 saturated carbocycles. The monoisotopic (exact) mass is 430 g/mol. The lowest BCUT2D eigenvalue weighted by Gasteiger charge is -2.19. The third kappa shape index (κ3) is 4.11. The van der Waals surface area contributed by atoms with E-state index in [1.54, 1.807) is 7.11 Å². The van der Waals surface area contributed by atoms with Gasteiger partial charge in [-0.3, -0.25) is 14.9 Å². The van der Waals surface area contributed by atoms with Crippen molar-refractivity contribution in [2.24, 2.45) is 0 Å². The lowest BCUT2D eigenvalue weighted by atomic mass is 9.90. The molecular formula is C24H22N4O4. The van der Waals surface area contributed by atoms with Crippen molar-refractivity contribution in [1.82, 2.24) is 10.3 Å². The maximum Gasteiger partial charge on any atom is 0.292 e. The van der Waals surface area contributed by atoms with Crippen molar-refractivity contribution in [2.75, 3.05) is 19.4 Å². The van der Waals surface area contributed by atoms with Crippen LogP contribution in [-0.4, -0.2) is 29.5 Å². The number of carbonyl (C=O) groups excluding carboxylic acids is 1. The minimum atomic E-state index is -0.599. The third-order valence-electron chi connectivity index (χ3n) is 5.47. The number of benzene rings is 3. The fourth-order valence-corrected chi connectivity index (χ4v) is 3.77. The van der Waals surface area contributed by atoms with Crippen molar-refractivity contribution < 1.29 is 14.5 Å². The van der Waals surface area contributed by atoms with Gasteiger partial charge in [-0.1, -0.05) is 30.3 Å². The van der Waals surface area contributed by atoms with Crippen molar-refractivity contribution in [1.29, 1.82) is 0 Å². The number of nitrogens with one attached hydrogen (secondary N) is 2. The summed E-state index contributed by atoms with van der Waals surface area (Å²) >= 11 is 0. The summed E-state index contributed by atoms with van der Waals surface area (Å²) < 4.78 is 5.26. The van der Waals surface area contributed by atoms with Crippen LogP contribution in [0.15, 0.2) is 72.9 Å². The van der Waals surface area contributed by atoms with Gasteiger partial charge in [0.25, 0.3) is 11.6 Å². The molecule has 162 valence electrons. The Hall–Kier alpha value is -4.33. The van der Waals surface area contributed by atoms with E-state index in [-0.39, 0.29) is 22.9 Å². The molecule has 4 rings (SSSR count). The molecule has 4 aromatic rings. The highest BCUT2D eigenvalue weighted by Gasteiger charge is 2.21. The van der Waals surface area contributed by atoms with Crippen molar-refractivity contribution in [3.05, 3.63) is 99.7 Å². The second-order valence-electron chi connectivity index (χ2n) is 7.36. The Morgan fingerprint density at radius 1 is 1.16 bits per heavy atom. The zero-order valence-corrected chi connectivity index (χ0v) is 17.4. The van der Waals surface area contributed by atoms with Gasteiger partial charge in [0.1, 0.15) is 11.4 Å². The molecule has 3 aromatic carbocycles. The number of carbonyl (C=O) groups is 1. The molecule has 32 heavy (non-hydrogen) atoms. The summed E-state index contributed by atoms with van der Waals surface area (Å²) in [6.07, 6.45) is 1.94. The van der Waals surface area contributed by atoms with Crippen LogP contribution in [0.1, 0.15) is 27.4 Å². The van der Waals surface area contributed by atoms with Gasteiger partial charge in [-0.15, -0.1) is 0 Å². The number of nitro benzene ring substituents is 1. The van der Waals surface area contributed by atoms with E-state index >= 15 is 0 Å². The molecule has 0 aliphatic rings. The number of para-hydroxylation sites is 1. The number of nitro groups is 1. The van der Waals surface area contributed by atoms with E-state index in [4.69, 9.17) is 10.5 Å². The summed E-state index contributed by atoms with van der Waals surface area (Å²) in [6.45, 7) is 0.297. The third-order valence-corrected chi connectivity index (χ3v) is 5.47. The maximum atomic E-state index is 12.8. The summed E-state index contributed by atoms with van der Waals surface area (Å²) in [6, 6.07) is 19.7. The number of amides is 1. The number of nitrogen functional groups attached to an aromatic ring is 1. The molecule has 1 heterocycles. The van der Waals surface area contributed by atoms with E-state index in [9.17, 15) is 14.9 Å². The van der Waals surface area contributed by atoms with Crippen molar-refractivity contribution in [3.8, 4) is 5.75 Å². The number of hydrogen-bond acceptors (Lipinski definition) is 5. The van der Waals surface area contributed by atoms with Gasteiger partial charge in [-0.05, 0) is 41.5 Å². The Bertz CT molecular complexity index is 1280. The highest BCUT2D eigenvalue weighted by molar-refractivity contribution is 5.95. The van der Waals surface area contributed by atoms with E-state index in [2.05, 4.69) is 10.3 Å². The van der Waals surface area contributed by atoms with Gasteiger partial charge in [-0.2, -0.15) is 0 Å². The average Bonchev–Trinajstić information content (AvgIpc) is 3.23. The van der Waals surface area contributed by atoms with Crippen molar-refractivity contribution in [2.45, 2.75) is 5.92 Å². The topological polar surface area (TPSA) is 123 Å². The molecule has 0 radical (unpaired) electrons. The SMILES string of the molecule is COc1ccc(C(CNC(=O)c2ccc(N)c([N+](=O)[O-])c2)c2c[nH]c3ccccc23)cc1. The molecule has 0 fully saturated rings. The standard InChI is InChI=1S/C24H22N4O4/c1-32-17-9-6-15(7-10-17)19(20-14-26-22-5-3-2-4-18(20)22)13-27-24(29)16-8-11-21(25)23(12-16)28(30)31/h2-12,14,19,26H,13,25H2,1H3,(H,27,29). The number of anilines is 1. The molecule has 1 unspecified atom stereocenters. The Labute approximate surface area is 184 Å². The number of methoxy groups -OCH3 is 1. The number of ether oxygens (including phenoxy) is 1. The molecule has 0 spiro atoms. The summed E-state index contributed by atoms with van der Waals surface area (Å²) in [5.74, 6) is 0.181. The molecule has 1 aromatic heterocycles. The normalized spacial score (nSPS) is 11.8. The number of nitrogens with zero attached hydrogens (tertiary/aromatic N) is 1. The molecule has 8 heteroatoms. The van der Waals surface area contributed by atoms with Crippen LogP contribution in [0.5, 0.6) is 5.75 Å². The van der Waals surface area contributed by atoms with E-state index in [1.807, 2.05) is 54.7 Å². The number of aromatic nitrogens is 1. The van der Waals surface area contributed by atoms with Gasteiger partial charge >= 0.3 is 0 Å². The molecule has 8 nitrogen and oxygen atoms in total. The summed E-state index contributed by atoms with van der Waals surface area (Å²) in [5, 5.41) is 15.1. The first-order valence-electron chi connectivity index (χ1n) is 10.00. The van der Waals surface area contributed by atoms with Gasteiger partial charge in [-0.25, -0.2) is 0 Å². The Morgan fingerprint density at radius 3 is 2.62 bits per heavy atom. The first-order valence-corrected chi connectivity index (χ1v) is 10.00. The fourth-order valence-electron chi connectivity index (χ4n) is 3.77. The first kappa shape index (κ1) is 20.9. The van der Waals surface area contributed by atoms with Gasteiger partial charge in [0, 0.05) is 41.2 Å². The molecule has 0 aliphatic carbocycles. The second kappa shape index (κ2) is 8.81. The second-order valence-corrected chi connectivity index (χ2v) is 7.36. The van der Waals surface area contributed by atoms with Gasteiger partial charge in [0.2, 0.25) is 0 Å². The maximum absolute atomic E-state index is 12.8. The van der Waals surface area contributed by atoms with E-state index < -0.39 is 10.8 Å². The number of aromatic amines is 1. The Balaban J connectivity index is 1.64. The largest absolute Gasteiger partial charge is 0.497 e. The number of hydrogen-bond donors (Lipinski definition) is 3. The quantitative estimate of drug-likeness (QED) is 0.230. The minimum Gasteiger partial charge on any atom is -0.497 e. The summed E-state index contributed by atoms with van der Waals surface area (Å²) in [4.78, 5) is 26.6. The first-order chi connectivity index (χ1) is 15.5. The van der Waals surface area contributed by atoms with Gasteiger partial charge in [0.05, 0.1) is 12.0 Å². The average molecular weight is 430 g/mol. The summed E-state index contributed by atoms with van der Waals surface area (Å²) in [7, 11) is 1.61. The van der Waals surface area contributed by atoms with Gasteiger partial charge < -0.3 is 20.8 Å². The molecule has 4 N–H and O–H groups in total. The zero-order valence-electron chi connectivity index (χ0n) is 17.4. The van der Waals surface area contributed by atoms with Crippen LogP contribution in [0, 0.1) is 10.1 Å². The van der Waals surface area contributed by atoms with Gasteiger partial charge in [0.15, 0.2) is 0 Å². The Kier molecular flexibility index (Phi) is 5.76. The number of fused-ring (bicyclic) bond motifs is 1. The van der Waals surface area contributed by atoms with Crippen molar-refractivity contribution in [3.63, 3.8) is 0 Å². The minimum absolute atomic E-state index is 0.0152. The van der Waals surface area contributed by atoms with E-state index in [1.165, 1.54) is 18.2 Å². The van der Waals surface area contributed by atoms with Crippen LogP contribution in [0.25, 0.3) is 10.9 Å². The van der Waals surface area contributed by atoms with Crippen LogP contribution in [0.4, 0.5) is 11.4 Å². The van der Waals surface area contributed by atoms with E-state index in [0.29, 0.717) is 6.54 Å². The lowest BCUT2D eigenvalue weighted by Crippen LogP contribution is -2.29. The smallest absolute Gasteiger partial charge is 0.292 e. The van der Waals surface area contributed by atoms with Crippen molar-refractivity contribution >= 4 is 28.2 Å². The van der Waals surface area contributed by atoms with Crippen LogP contribution in [0.3, 0.4) is 0 Å². The lowest BCUT2D eigenvalue weighted by molar-refractivity contribution is -0.383. The zero-order chi connectivity index (χ0) is 22.7. The molecular weight excluding hydrogens is 408 g/mol. The Morgan fingerprint density at radius 2 is 1.91 bits per heavy atom. The molecule has 0 aliphatic heterocycles. The highest BCUT2D eigenvalue weighted by Crippen LogP contribution is 2.31. The number of rotatable bonds is 7. The fraction of sp³-hybridized carbons (Fsp3) is 0.125. The van der Waals surface area contributed by atoms with E-state index in [0.717, 1.165) is 27.8 Å². The predicted octanol–water partition coefficient (Wildman–Crippen LogP) is 4.23. The van der Waals surface area contributed by atoms with Crippen LogP contribution >= 0.6 is 0 Å². The molecule has 1 amide bonds. The molecule has 0 saturated heterocycles.